The van der Waals surface area contributed by atoms with E-state index in [1.165, 1.54) is 4.57 Å². The molecule has 2 bridgehead atoms. The Kier molecular flexibility index (Phi) is 4.47. The molecule has 0 unspecified atom stereocenters. The average molecular weight is 418 g/mol. The van der Waals surface area contributed by atoms with Gasteiger partial charge >= 0.3 is 11.8 Å². The van der Waals surface area contributed by atoms with E-state index in [1.807, 2.05) is 31.2 Å². The maximum absolute atomic E-state index is 13.3. The quantitative estimate of drug-likeness (QED) is 0.653. The Morgan fingerprint density at radius 2 is 2.03 bits per heavy atom. The van der Waals surface area contributed by atoms with Crippen LogP contribution >= 0.6 is 0 Å². The van der Waals surface area contributed by atoms with Gasteiger partial charge in [0.15, 0.2) is 0 Å². The number of aromatic nitrogens is 2. The van der Waals surface area contributed by atoms with E-state index in [0.717, 1.165) is 12.8 Å². The van der Waals surface area contributed by atoms with Crippen LogP contribution in [0.3, 0.4) is 0 Å². The van der Waals surface area contributed by atoms with Crippen LogP contribution in [-0.4, -0.2) is 38.4 Å². The summed E-state index contributed by atoms with van der Waals surface area (Å²) in [6.07, 6.45) is 1.92. The van der Waals surface area contributed by atoms with Crippen molar-refractivity contribution in [3.05, 3.63) is 58.1 Å². The number of imidazole rings is 1. The normalized spacial score (nSPS) is 18.9. The number of hydrogen-bond acceptors (Lipinski definition) is 5. The summed E-state index contributed by atoms with van der Waals surface area (Å²) in [5, 5.41) is 21.9. The molecule has 8 heteroatoms. The number of rotatable bonds is 4. The molecule has 158 valence electrons. The molecule has 1 aromatic heterocycles. The molecule has 2 aliphatic rings. The van der Waals surface area contributed by atoms with Gasteiger partial charge in [0, 0.05) is 17.3 Å². The Hall–Kier alpha value is -3.73. The van der Waals surface area contributed by atoms with Crippen LogP contribution < -0.4 is 5.69 Å². The van der Waals surface area contributed by atoms with E-state index < -0.39 is 12.1 Å². The zero-order chi connectivity index (χ0) is 21.7. The molecule has 0 spiro atoms. The lowest BCUT2D eigenvalue weighted by molar-refractivity contribution is 0.0916. The van der Waals surface area contributed by atoms with E-state index in [2.05, 4.69) is 6.07 Å². The Labute approximate surface area is 178 Å². The number of nitriles is 1. The third-order valence-corrected chi connectivity index (χ3v) is 6.28. The summed E-state index contributed by atoms with van der Waals surface area (Å²) in [5.74, 6) is -0.168. The lowest BCUT2D eigenvalue weighted by Gasteiger charge is -2.26. The van der Waals surface area contributed by atoms with Gasteiger partial charge in [0.25, 0.3) is 0 Å². The van der Waals surface area contributed by atoms with Gasteiger partial charge in [-0.2, -0.15) is 5.26 Å². The summed E-state index contributed by atoms with van der Waals surface area (Å²) < 4.78 is 8.24. The fourth-order valence-electron chi connectivity index (χ4n) is 4.83. The first kappa shape index (κ1) is 19.2. The molecule has 1 saturated heterocycles. The number of carbonyl (C=O) groups is 1. The molecule has 2 aliphatic heterocycles. The zero-order valence-electron chi connectivity index (χ0n) is 17.1. The fraction of sp³-hybridized carbons (Fsp3) is 0.348. The van der Waals surface area contributed by atoms with Crippen LogP contribution in [0.15, 0.2) is 41.2 Å². The van der Waals surface area contributed by atoms with E-state index >= 15 is 0 Å². The second-order valence-corrected chi connectivity index (χ2v) is 8.01. The van der Waals surface area contributed by atoms with Crippen LogP contribution in [0.4, 0.5) is 4.79 Å². The highest BCUT2D eigenvalue weighted by molar-refractivity contribution is 5.94. The molecular formula is C23H22N4O4. The van der Waals surface area contributed by atoms with Crippen LogP contribution in [0, 0.1) is 11.3 Å². The predicted octanol–water partition coefficient (Wildman–Crippen LogP) is 3.61. The molecule has 2 atom stereocenters. The highest BCUT2D eigenvalue weighted by Crippen LogP contribution is 2.49. The van der Waals surface area contributed by atoms with Crippen molar-refractivity contribution in [3.8, 4) is 17.6 Å². The van der Waals surface area contributed by atoms with Crippen molar-refractivity contribution >= 4 is 16.9 Å². The molecule has 31 heavy (non-hydrogen) atoms. The second-order valence-electron chi connectivity index (χ2n) is 8.01. The molecule has 0 radical (unpaired) electrons. The van der Waals surface area contributed by atoms with Crippen LogP contribution in [0.5, 0.6) is 5.88 Å². The van der Waals surface area contributed by atoms with Crippen molar-refractivity contribution in [1.82, 2.24) is 14.0 Å². The smallest absolute Gasteiger partial charge is 0.410 e. The first-order valence-electron chi connectivity index (χ1n) is 10.5. The first-order valence-corrected chi connectivity index (χ1v) is 10.5. The number of carbonyl (C=O) groups excluding carboxylic acids is 1. The Bertz CT molecular complexity index is 1300. The van der Waals surface area contributed by atoms with Gasteiger partial charge in [0.2, 0.25) is 5.88 Å². The third kappa shape index (κ3) is 2.73. The number of aromatic hydroxyl groups is 1. The van der Waals surface area contributed by atoms with Crippen molar-refractivity contribution in [2.45, 2.75) is 38.3 Å². The Balaban J connectivity index is 1.59. The molecule has 3 heterocycles. The van der Waals surface area contributed by atoms with Crippen molar-refractivity contribution in [2.24, 2.45) is 0 Å². The van der Waals surface area contributed by atoms with Crippen LogP contribution in [0.25, 0.3) is 16.5 Å². The number of unbranched alkanes of at least 4 members (excludes halogenated alkanes) is 1. The third-order valence-electron chi connectivity index (χ3n) is 6.28. The van der Waals surface area contributed by atoms with Crippen molar-refractivity contribution in [2.75, 3.05) is 13.2 Å². The monoisotopic (exact) mass is 418 g/mol. The van der Waals surface area contributed by atoms with Gasteiger partial charge in [-0.15, -0.1) is 0 Å². The molecule has 5 rings (SSSR count). The molecular weight excluding hydrogens is 396 g/mol. The molecule has 1 N–H and O–H groups in total. The summed E-state index contributed by atoms with van der Waals surface area (Å²) in [5.41, 5.74) is 1.12. The highest BCUT2D eigenvalue weighted by atomic mass is 16.6. The number of fused-ring (bicyclic) bond motifs is 6. The van der Waals surface area contributed by atoms with Gasteiger partial charge in [0.05, 0.1) is 36.0 Å². The summed E-state index contributed by atoms with van der Waals surface area (Å²) in [4.78, 5) is 27.5. The van der Waals surface area contributed by atoms with E-state index in [-0.39, 0.29) is 17.6 Å². The van der Waals surface area contributed by atoms with Crippen LogP contribution in [-0.2, 0) is 4.74 Å². The summed E-state index contributed by atoms with van der Waals surface area (Å²) in [6.45, 7) is 2.78. The summed E-state index contributed by atoms with van der Waals surface area (Å²) in [7, 11) is 0. The lowest BCUT2D eigenvalue weighted by atomic mass is 10.0. The Morgan fingerprint density at radius 3 is 2.77 bits per heavy atom. The molecule has 8 nitrogen and oxygen atoms in total. The van der Waals surface area contributed by atoms with Crippen LogP contribution in [0.1, 0.15) is 49.5 Å². The maximum atomic E-state index is 13.3. The summed E-state index contributed by atoms with van der Waals surface area (Å²) >= 11 is 0. The lowest BCUT2D eigenvalue weighted by Crippen LogP contribution is -2.38. The first-order chi connectivity index (χ1) is 15.1. The number of ether oxygens (including phenoxy) is 1. The van der Waals surface area contributed by atoms with E-state index in [4.69, 9.17) is 4.74 Å². The van der Waals surface area contributed by atoms with Crippen molar-refractivity contribution < 1.29 is 14.6 Å². The topological polar surface area (TPSA) is 100 Å². The molecule has 1 amide bonds. The van der Waals surface area contributed by atoms with Gasteiger partial charge in [0.1, 0.15) is 5.69 Å². The number of amides is 1. The number of likely N-dealkylation sites (tertiary alicyclic amines) is 1. The highest BCUT2D eigenvalue weighted by Gasteiger charge is 2.49. The molecule has 2 aromatic carbocycles. The minimum absolute atomic E-state index is 0.168. The minimum Gasteiger partial charge on any atom is -0.493 e. The SMILES string of the molecule is CCCCOC(=O)N1C[C@@H]2C[C@H]1c1c(O)n(-c3ccc(C#N)c4ccccc34)c(=O)n12. The van der Waals surface area contributed by atoms with E-state index in [9.17, 15) is 20.0 Å². The number of nitrogens with zero attached hydrogens (tertiary/aromatic N) is 4. The molecule has 1 fully saturated rings. The largest absolute Gasteiger partial charge is 0.493 e. The maximum Gasteiger partial charge on any atom is 0.410 e. The van der Waals surface area contributed by atoms with Gasteiger partial charge < -0.3 is 9.84 Å². The molecule has 0 aliphatic carbocycles. The van der Waals surface area contributed by atoms with E-state index in [1.54, 1.807) is 21.6 Å². The standard InChI is InChI=1S/C23H22N4O4/c1-2-3-10-31-23(30)25-13-15-11-19(25)20-21(28)27(22(29)26(15)20)18-9-8-14(12-24)16-6-4-5-7-17(16)18/h4-9,15,19,28H,2-3,10-11,13H2,1H3/t15-,19-/m0/s1. The van der Waals surface area contributed by atoms with Gasteiger partial charge in [-0.3, -0.25) is 9.47 Å². The van der Waals surface area contributed by atoms with Gasteiger partial charge in [-0.25, -0.2) is 14.2 Å². The zero-order valence-corrected chi connectivity index (χ0v) is 17.1. The van der Waals surface area contributed by atoms with Gasteiger partial charge in [-0.05, 0) is 25.0 Å². The molecule has 3 aromatic rings. The predicted molar refractivity (Wildman–Crippen MR) is 113 cm³/mol. The number of benzene rings is 2. The van der Waals surface area contributed by atoms with E-state index in [0.29, 0.717) is 47.3 Å². The number of hydrogen-bond donors (Lipinski definition) is 1. The fourth-order valence-corrected chi connectivity index (χ4v) is 4.83. The van der Waals surface area contributed by atoms with Gasteiger partial charge in [-0.1, -0.05) is 37.6 Å². The minimum atomic E-state index is -0.407. The van der Waals surface area contributed by atoms with Crippen LogP contribution in [0.2, 0.25) is 0 Å². The summed E-state index contributed by atoms with van der Waals surface area (Å²) in [6, 6.07) is 12.2. The average Bonchev–Trinajstić information content (AvgIpc) is 3.45. The second kappa shape index (κ2) is 7.20. The molecule has 0 saturated carbocycles. The Morgan fingerprint density at radius 1 is 1.26 bits per heavy atom. The van der Waals surface area contributed by atoms with Crippen molar-refractivity contribution in [3.63, 3.8) is 0 Å². The van der Waals surface area contributed by atoms with Crippen molar-refractivity contribution in [1.29, 1.82) is 5.26 Å².